The summed E-state index contributed by atoms with van der Waals surface area (Å²) in [5, 5.41) is 0.804. The van der Waals surface area contributed by atoms with Crippen LogP contribution >= 0.6 is 11.3 Å². The van der Waals surface area contributed by atoms with Gasteiger partial charge in [-0.05, 0) is 30.7 Å². The SMILES string of the molecule is Cc1ccccc1C(=O)NNC(=O)COCc1nc2ccccc2s1. The van der Waals surface area contributed by atoms with E-state index in [1.54, 1.807) is 12.1 Å². The molecule has 6 nitrogen and oxygen atoms in total. The highest BCUT2D eigenvalue weighted by Crippen LogP contribution is 2.21. The van der Waals surface area contributed by atoms with Crippen LogP contribution in [0.2, 0.25) is 0 Å². The van der Waals surface area contributed by atoms with E-state index in [0.29, 0.717) is 5.56 Å². The number of nitrogens with one attached hydrogen (secondary N) is 2. The summed E-state index contributed by atoms with van der Waals surface area (Å²) < 4.78 is 6.44. The Balaban J connectivity index is 1.43. The van der Waals surface area contributed by atoms with E-state index >= 15 is 0 Å². The van der Waals surface area contributed by atoms with Crippen molar-refractivity contribution in [2.75, 3.05) is 6.61 Å². The fourth-order valence-corrected chi connectivity index (χ4v) is 3.18. The maximum Gasteiger partial charge on any atom is 0.269 e. The minimum Gasteiger partial charge on any atom is -0.364 e. The first-order valence-corrected chi connectivity index (χ1v) is 8.52. The summed E-state index contributed by atoms with van der Waals surface area (Å²) in [5.41, 5.74) is 6.98. The standard InChI is InChI=1S/C18H17N3O3S/c1-12-6-2-3-7-13(12)18(23)21-20-16(22)10-24-11-17-19-14-8-4-5-9-15(14)25-17/h2-9H,10-11H2,1H3,(H,20,22)(H,21,23). The summed E-state index contributed by atoms with van der Waals surface area (Å²) in [7, 11) is 0. The lowest BCUT2D eigenvalue weighted by molar-refractivity contribution is -0.126. The van der Waals surface area contributed by atoms with E-state index in [2.05, 4.69) is 15.8 Å². The Hall–Kier alpha value is -2.77. The summed E-state index contributed by atoms with van der Waals surface area (Å²) in [4.78, 5) is 28.2. The highest BCUT2D eigenvalue weighted by atomic mass is 32.1. The molecule has 2 aromatic carbocycles. The number of ether oxygens (including phenoxy) is 1. The van der Waals surface area contributed by atoms with Crippen LogP contribution in [0.15, 0.2) is 48.5 Å². The average molecular weight is 355 g/mol. The first-order valence-electron chi connectivity index (χ1n) is 7.70. The van der Waals surface area contributed by atoms with E-state index in [1.165, 1.54) is 11.3 Å². The second kappa shape index (κ2) is 7.87. The third-order valence-electron chi connectivity index (χ3n) is 3.50. The molecule has 0 unspecified atom stereocenters. The molecule has 0 spiro atoms. The molecule has 0 saturated carbocycles. The zero-order valence-electron chi connectivity index (χ0n) is 13.6. The number of hydrogen-bond donors (Lipinski definition) is 2. The van der Waals surface area contributed by atoms with Crippen molar-refractivity contribution in [3.8, 4) is 0 Å². The molecule has 2 amide bonds. The van der Waals surface area contributed by atoms with Gasteiger partial charge >= 0.3 is 0 Å². The number of carbonyl (C=O) groups is 2. The van der Waals surface area contributed by atoms with Crippen molar-refractivity contribution in [1.82, 2.24) is 15.8 Å². The van der Waals surface area contributed by atoms with Gasteiger partial charge in [0.15, 0.2) is 0 Å². The van der Waals surface area contributed by atoms with Crippen molar-refractivity contribution in [2.45, 2.75) is 13.5 Å². The molecule has 128 valence electrons. The fourth-order valence-electron chi connectivity index (χ4n) is 2.27. The quantitative estimate of drug-likeness (QED) is 0.690. The lowest BCUT2D eigenvalue weighted by Crippen LogP contribution is -2.43. The Bertz CT molecular complexity index is 874. The topological polar surface area (TPSA) is 80.3 Å². The summed E-state index contributed by atoms with van der Waals surface area (Å²) >= 11 is 1.53. The molecule has 0 aliphatic heterocycles. The smallest absolute Gasteiger partial charge is 0.269 e. The van der Waals surface area contributed by atoms with Gasteiger partial charge < -0.3 is 4.74 Å². The molecule has 1 aromatic heterocycles. The first kappa shape index (κ1) is 17.1. The summed E-state index contributed by atoms with van der Waals surface area (Å²) in [6, 6.07) is 14.9. The minimum atomic E-state index is -0.428. The molecule has 3 aromatic rings. The number of aryl methyl sites for hydroxylation is 1. The monoisotopic (exact) mass is 355 g/mol. The van der Waals surface area contributed by atoms with Crippen LogP contribution in [-0.2, 0) is 16.1 Å². The lowest BCUT2D eigenvalue weighted by atomic mass is 10.1. The molecular formula is C18H17N3O3S. The van der Waals surface area contributed by atoms with Crippen LogP contribution in [-0.4, -0.2) is 23.4 Å². The number of thiazole rings is 1. The van der Waals surface area contributed by atoms with E-state index in [-0.39, 0.29) is 19.1 Å². The second-order valence-electron chi connectivity index (χ2n) is 5.39. The molecule has 0 bridgehead atoms. The predicted octanol–water partition coefficient (Wildman–Crippen LogP) is 2.58. The minimum absolute atomic E-state index is 0.163. The largest absolute Gasteiger partial charge is 0.364 e. The number of fused-ring (bicyclic) bond motifs is 1. The molecule has 7 heteroatoms. The Morgan fingerprint density at radius 2 is 1.84 bits per heavy atom. The van der Waals surface area contributed by atoms with Crippen LogP contribution in [0, 0.1) is 6.92 Å². The number of hydrazine groups is 1. The molecule has 25 heavy (non-hydrogen) atoms. The summed E-state index contributed by atoms with van der Waals surface area (Å²) in [5.74, 6) is -0.791. The van der Waals surface area contributed by atoms with E-state index in [4.69, 9.17) is 4.74 Å². The molecule has 0 aliphatic rings. The van der Waals surface area contributed by atoms with Gasteiger partial charge in [-0.25, -0.2) is 4.98 Å². The third-order valence-corrected chi connectivity index (χ3v) is 4.51. The van der Waals surface area contributed by atoms with Crippen LogP contribution in [0.4, 0.5) is 0 Å². The normalized spacial score (nSPS) is 10.6. The van der Waals surface area contributed by atoms with Crippen molar-refractivity contribution in [2.24, 2.45) is 0 Å². The number of hydrogen-bond acceptors (Lipinski definition) is 5. The van der Waals surface area contributed by atoms with Gasteiger partial charge in [0.05, 0.1) is 16.8 Å². The van der Waals surface area contributed by atoms with Gasteiger partial charge in [-0.1, -0.05) is 30.3 Å². The molecule has 0 aliphatic carbocycles. The molecule has 1 heterocycles. The molecule has 2 N–H and O–H groups in total. The predicted molar refractivity (Wildman–Crippen MR) is 96.1 cm³/mol. The van der Waals surface area contributed by atoms with E-state index < -0.39 is 5.91 Å². The van der Waals surface area contributed by atoms with Gasteiger partial charge in [-0.15, -0.1) is 11.3 Å². The van der Waals surface area contributed by atoms with Crippen LogP contribution in [0.5, 0.6) is 0 Å². The molecule has 0 saturated heterocycles. The molecular weight excluding hydrogens is 338 g/mol. The number of nitrogens with zero attached hydrogens (tertiary/aromatic N) is 1. The van der Waals surface area contributed by atoms with Crippen LogP contribution < -0.4 is 10.9 Å². The first-order chi connectivity index (χ1) is 12.1. The van der Waals surface area contributed by atoms with Crippen molar-refractivity contribution in [1.29, 1.82) is 0 Å². The zero-order chi connectivity index (χ0) is 17.6. The zero-order valence-corrected chi connectivity index (χ0v) is 14.4. The van der Waals surface area contributed by atoms with Crippen molar-refractivity contribution in [3.05, 3.63) is 64.7 Å². The highest BCUT2D eigenvalue weighted by molar-refractivity contribution is 7.18. The van der Waals surface area contributed by atoms with Gasteiger partial charge in [0, 0.05) is 5.56 Å². The van der Waals surface area contributed by atoms with E-state index in [1.807, 2.05) is 43.3 Å². The number of para-hydroxylation sites is 1. The third kappa shape index (κ3) is 4.40. The number of carbonyl (C=O) groups excluding carboxylic acids is 2. The fraction of sp³-hybridized carbons (Fsp3) is 0.167. The molecule has 0 fully saturated rings. The van der Waals surface area contributed by atoms with Crippen LogP contribution in [0.3, 0.4) is 0 Å². The maximum absolute atomic E-state index is 12.0. The Morgan fingerprint density at radius 3 is 2.64 bits per heavy atom. The molecule has 3 rings (SSSR count). The van der Waals surface area contributed by atoms with E-state index in [9.17, 15) is 9.59 Å². The van der Waals surface area contributed by atoms with Crippen LogP contribution in [0.1, 0.15) is 20.9 Å². The average Bonchev–Trinajstić information content (AvgIpc) is 3.03. The summed E-state index contributed by atoms with van der Waals surface area (Å²) in [6.45, 7) is 1.92. The Labute approximate surface area is 148 Å². The summed E-state index contributed by atoms with van der Waals surface area (Å²) in [6.07, 6.45) is 0. The Kier molecular flexibility index (Phi) is 5.37. The molecule has 0 radical (unpaired) electrons. The van der Waals surface area contributed by atoms with Crippen LogP contribution in [0.25, 0.3) is 10.2 Å². The van der Waals surface area contributed by atoms with Gasteiger partial charge in [0.1, 0.15) is 11.6 Å². The van der Waals surface area contributed by atoms with E-state index in [0.717, 1.165) is 20.8 Å². The van der Waals surface area contributed by atoms with Gasteiger partial charge in [0.2, 0.25) is 0 Å². The lowest BCUT2D eigenvalue weighted by Gasteiger charge is -2.09. The molecule has 0 atom stereocenters. The number of rotatable bonds is 5. The van der Waals surface area contributed by atoms with Gasteiger partial charge in [0.25, 0.3) is 11.8 Å². The number of amides is 2. The van der Waals surface area contributed by atoms with Crippen molar-refractivity contribution >= 4 is 33.4 Å². The Morgan fingerprint density at radius 1 is 1.08 bits per heavy atom. The number of benzene rings is 2. The van der Waals surface area contributed by atoms with Crippen molar-refractivity contribution in [3.63, 3.8) is 0 Å². The number of aromatic nitrogens is 1. The van der Waals surface area contributed by atoms with Gasteiger partial charge in [-0.2, -0.15) is 0 Å². The maximum atomic E-state index is 12.0. The van der Waals surface area contributed by atoms with Gasteiger partial charge in [-0.3, -0.25) is 20.4 Å². The highest BCUT2D eigenvalue weighted by Gasteiger charge is 2.10. The second-order valence-corrected chi connectivity index (χ2v) is 6.50. The van der Waals surface area contributed by atoms with Crippen molar-refractivity contribution < 1.29 is 14.3 Å².